The number of carbonyl (C=O) groups is 1. The molecule has 1 atom stereocenters. The highest BCUT2D eigenvalue weighted by atomic mass is 32.2. The van der Waals surface area contributed by atoms with E-state index >= 15 is 0 Å². The van der Waals surface area contributed by atoms with E-state index in [-0.39, 0.29) is 23.2 Å². The Kier molecular flexibility index (Phi) is 5.46. The van der Waals surface area contributed by atoms with Gasteiger partial charge in [0, 0.05) is 11.8 Å². The molecule has 1 heterocycles. The van der Waals surface area contributed by atoms with Gasteiger partial charge in [0.15, 0.2) is 9.84 Å². The molecule has 1 aromatic carbocycles. The van der Waals surface area contributed by atoms with Crippen molar-refractivity contribution in [1.29, 1.82) is 0 Å². The molecule has 0 unspecified atom stereocenters. The molecule has 0 aliphatic heterocycles. The van der Waals surface area contributed by atoms with Gasteiger partial charge in [-0.3, -0.25) is 9.78 Å². The van der Waals surface area contributed by atoms with E-state index in [1.807, 2.05) is 0 Å². The summed E-state index contributed by atoms with van der Waals surface area (Å²) in [7, 11) is -3.33. The lowest BCUT2D eigenvalue weighted by molar-refractivity contribution is 0.0914. The fraction of sp³-hybridized carbons (Fsp3) is 0.250. The van der Waals surface area contributed by atoms with Gasteiger partial charge >= 0.3 is 0 Å². The van der Waals surface area contributed by atoms with Crippen LogP contribution >= 0.6 is 0 Å². The minimum absolute atomic E-state index is 0.0117. The van der Waals surface area contributed by atoms with Crippen LogP contribution in [0.25, 0.3) is 0 Å². The summed E-state index contributed by atoms with van der Waals surface area (Å²) in [5.41, 5.74) is 0.864. The first-order chi connectivity index (χ1) is 11.0. The summed E-state index contributed by atoms with van der Waals surface area (Å²) in [6.07, 6.45) is 1.24. The van der Waals surface area contributed by atoms with Crippen molar-refractivity contribution >= 4 is 15.7 Å². The first-order valence-corrected chi connectivity index (χ1v) is 8.78. The first kappa shape index (κ1) is 17.1. The number of benzene rings is 1. The summed E-state index contributed by atoms with van der Waals surface area (Å²) in [4.78, 5) is 16.3. The highest BCUT2D eigenvalue weighted by molar-refractivity contribution is 7.91. The van der Waals surface area contributed by atoms with Crippen molar-refractivity contribution in [2.45, 2.75) is 17.9 Å². The van der Waals surface area contributed by atoms with Crippen molar-refractivity contribution < 1.29 is 18.3 Å². The van der Waals surface area contributed by atoms with Crippen molar-refractivity contribution in [2.24, 2.45) is 0 Å². The van der Waals surface area contributed by atoms with Gasteiger partial charge in [-0.15, -0.1) is 0 Å². The second kappa shape index (κ2) is 7.34. The standard InChI is InChI=1S/C16H18N2O4S/c1-2-23(21,22)13-8-9-14(17-10-13)15(11-19)18-16(20)12-6-4-3-5-7-12/h3-10,15,19H,2,11H2,1H3,(H,18,20)/t15-/m0/s1. The number of hydrogen-bond donors (Lipinski definition) is 2. The molecule has 0 spiro atoms. The number of nitrogens with one attached hydrogen (secondary N) is 1. The number of aromatic nitrogens is 1. The maximum absolute atomic E-state index is 12.1. The molecule has 0 radical (unpaired) electrons. The highest BCUT2D eigenvalue weighted by Gasteiger charge is 2.18. The van der Waals surface area contributed by atoms with E-state index in [2.05, 4.69) is 10.3 Å². The van der Waals surface area contributed by atoms with E-state index in [0.29, 0.717) is 11.3 Å². The first-order valence-electron chi connectivity index (χ1n) is 7.13. The molecule has 0 fully saturated rings. The van der Waals surface area contributed by atoms with E-state index < -0.39 is 15.9 Å². The van der Waals surface area contributed by atoms with Crippen LogP contribution < -0.4 is 5.32 Å². The Balaban J connectivity index is 2.17. The Morgan fingerprint density at radius 1 is 1.22 bits per heavy atom. The zero-order valence-corrected chi connectivity index (χ0v) is 13.5. The Labute approximate surface area is 135 Å². The van der Waals surface area contributed by atoms with E-state index in [1.165, 1.54) is 18.3 Å². The van der Waals surface area contributed by atoms with Crippen molar-refractivity contribution in [3.63, 3.8) is 0 Å². The molecular weight excluding hydrogens is 316 g/mol. The molecule has 2 rings (SSSR count). The van der Waals surface area contributed by atoms with Crippen molar-refractivity contribution in [2.75, 3.05) is 12.4 Å². The van der Waals surface area contributed by atoms with Crippen LogP contribution in [0, 0.1) is 0 Å². The molecule has 0 aliphatic carbocycles. The Hall–Kier alpha value is -2.25. The van der Waals surface area contributed by atoms with Gasteiger partial charge in [-0.1, -0.05) is 25.1 Å². The van der Waals surface area contributed by atoms with Gasteiger partial charge in [0.25, 0.3) is 5.91 Å². The molecule has 0 aliphatic rings. The second-order valence-electron chi connectivity index (χ2n) is 4.90. The van der Waals surface area contributed by atoms with Gasteiger partial charge in [-0.2, -0.15) is 0 Å². The molecule has 0 bridgehead atoms. The third kappa shape index (κ3) is 4.14. The fourth-order valence-corrected chi connectivity index (χ4v) is 2.81. The van der Waals surface area contributed by atoms with Crippen molar-refractivity contribution in [1.82, 2.24) is 10.3 Å². The summed E-state index contributed by atoms with van der Waals surface area (Å²) in [5.74, 6) is -0.348. The minimum Gasteiger partial charge on any atom is -0.394 e. The number of pyridine rings is 1. The number of hydrogen-bond acceptors (Lipinski definition) is 5. The van der Waals surface area contributed by atoms with E-state index in [9.17, 15) is 18.3 Å². The highest BCUT2D eigenvalue weighted by Crippen LogP contribution is 2.15. The molecule has 122 valence electrons. The quantitative estimate of drug-likeness (QED) is 0.831. The van der Waals surface area contributed by atoms with Gasteiger partial charge < -0.3 is 10.4 Å². The van der Waals surface area contributed by atoms with Gasteiger partial charge in [0.05, 0.1) is 29.0 Å². The summed E-state index contributed by atoms with van der Waals surface area (Å²) >= 11 is 0. The van der Waals surface area contributed by atoms with Crippen molar-refractivity contribution in [3.8, 4) is 0 Å². The Bertz CT molecular complexity index is 758. The van der Waals surface area contributed by atoms with Crippen LogP contribution in [0.2, 0.25) is 0 Å². The van der Waals surface area contributed by atoms with Crippen LogP contribution in [0.15, 0.2) is 53.6 Å². The lowest BCUT2D eigenvalue weighted by Crippen LogP contribution is -2.31. The van der Waals surface area contributed by atoms with Crippen LogP contribution in [-0.2, 0) is 9.84 Å². The van der Waals surface area contributed by atoms with Gasteiger partial charge in [-0.05, 0) is 24.3 Å². The fourth-order valence-electron chi connectivity index (χ4n) is 1.99. The summed E-state index contributed by atoms with van der Waals surface area (Å²) in [6, 6.07) is 10.8. The number of nitrogens with zero attached hydrogens (tertiary/aromatic N) is 1. The van der Waals surface area contributed by atoms with Crippen LogP contribution in [0.3, 0.4) is 0 Å². The molecule has 2 N–H and O–H groups in total. The number of amides is 1. The normalized spacial score (nSPS) is 12.6. The topological polar surface area (TPSA) is 96.4 Å². The Morgan fingerprint density at radius 2 is 1.91 bits per heavy atom. The summed E-state index contributed by atoms with van der Waals surface area (Å²) in [5, 5.41) is 12.1. The molecule has 7 heteroatoms. The van der Waals surface area contributed by atoms with Gasteiger partial charge in [0.1, 0.15) is 0 Å². The van der Waals surface area contributed by atoms with Crippen LogP contribution in [0.1, 0.15) is 29.0 Å². The monoisotopic (exact) mass is 334 g/mol. The third-order valence-corrected chi connectivity index (χ3v) is 5.10. The maximum Gasteiger partial charge on any atom is 0.251 e. The van der Waals surface area contributed by atoms with E-state index in [0.717, 1.165) is 0 Å². The number of rotatable bonds is 6. The average molecular weight is 334 g/mol. The number of sulfone groups is 1. The zero-order chi connectivity index (χ0) is 16.9. The SMILES string of the molecule is CCS(=O)(=O)c1ccc([C@H](CO)NC(=O)c2ccccc2)nc1. The molecule has 2 aromatic rings. The molecule has 0 saturated carbocycles. The number of aliphatic hydroxyl groups excluding tert-OH is 1. The van der Waals surface area contributed by atoms with Gasteiger partial charge in [0.2, 0.25) is 0 Å². The number of aliphatic hydroxyl groups is 1. The molecule has 0 saturated heterocycles. The Morgan fingerprint density at radius 3 is 2.43 bits per heavy atom. The van der Waals surface area contributed by atoms with E-state index in [4.69, 9.17) is 0 Å². The van der Waals surface area contributed by atoms with E-state index in [1.54, 1.807) is 37.3 Å². The molecule has 23 heavy (non-hydrogen) atoms. The largest absolute Gasteiger partial charge is 0.394 e. The maximum atomic E-state index is 12.1. The molecule has 1 amide bonds. The summed E-state index contributed by atoms with van der Waals surface area (Å²) in [6.45, 7) is 1.21. The predicted molar refractivity (Wildman–Crippen MR) is 85.7 cm³/mol. The average Bonchev–Trinajstić information content (AvgIpc) is 2.60. The number of carbonyl (C=O) groups excluding carboxylic acids is 1. The molecule has 6 nitrogen and oxygen atoms in total. The lowest BCUT2D eigenvalue weighted by Gasteiger charge is -2.16. The van der Waals surface area contributed by atoms with Crippen LogP contribution in [-0.4, -0.2) is 36.8 Å². The molecular formula is C16H18N2O4S. The third-order valence-electron chi connectivity index (χ3n) is 3.38. The van der Waals surface area contributed by atoms with Gasteiger partial charge in [-0.25, -0.2) is 8.42 Å². The summed E-state index contributed by atoms with van der Waals surface area (Å²) < 4.78 is 23.5. The minimum atomic E-state index is -3.33. The van der Waals surface area contributed by atoms with Crippen molar-refractivity contribution in [3.05, 3.63) is 59.9 Å². The smallest absolute Gasteiger partial charge is 0.251 e. The zero-order valence-electron chi connectivity index (χ0n) is 12.6. The predicted octanol–water partition coefficient (Wildman–Crippen LogP) is 1.34. The van der Waals surface area contributed by atoms with Crippen LogP contribution in [0.5, 0.6) is 0 Å². The second-order valence-corrected chi connectivity index (χ2v) is 7.18. The van der Waals surface area contributed by atoms with Crippen LogP contribution in [0.4, 0.5) is 0 Å². The molecule has 1 aromatic heterocycles. The lowest BCUT2D eigenvalue weighted by atomic mass is 10.1.